The van der Waals surface area contributed by atoms with Gasteiger partial charge in [-0.05, 0) is 18.9 Å². The molecule has 0 bridgehead atoms. The standard InChI is InChI=1S/C16H18N6O3/c1-13-18-21(11-14-3-5-15(6-4-14)22(24)25)16(23)20(13)9-2-8-19-10-7-17-12-19/h3-7,10,12H,2,8-9,11H2,1H3. The Labute approximate surface area is 143 Å². The summed E-state index contributed by atoms with van der Waals surface area (Å²) in [6.07, 6.45) is 6.14. The van der Waals surface area contributed by atoms with E-state index in [-0.39, 0.29) is 17.9 Å². The number of imidazole rings is 1. The number of aryl methyl sites for hydroxylation is 2. The lowest BCUT2D eigenvalue weighted by atomic mass is 10.2. The summed E-state index contributed by atoms with van der Waals surface area (Å²) in [7, 11) is 0. The van der Waals surface area contributed by atoms with Crippen LogP contribution in [0.4, 0.5) is 5.69 Å². The van der Waals surface area contributed by atoms with Crippen LogP contribution in [0, 0.1) is 17.0 Å². The number of aromatic nitrogens is 5. The number of rotatable bonds is 7. The van der Waals surface area contributed by atoms with Crippen molar-refractivity contribution in [2.24, 2.45) is 0 Å². The molecule has 130 valence electrons. The van der Waals surface area contributed by atoms with Crippen molar-refractivity contribution in [3.05, 3.63) is 75.0 Å². The van der Waals surface area contributed by atoms with E-state index in [1.54, 1.807) is 36.1 Å². The van der Waals surface area contributed by atoms with E-state index in [1.165, 1.54) is 16.8 Å². The predicted molar refractivity (Wildman–Crippen MR) is 90.3 cm³/mol. The van der Waals surface area contributed by atoms with Gasteiger partial charge in [-0.3, -0.25) is 14.7 Å². The Morgan fingerprint density at radius 1 is 1.20 bits per heavy atom. The van der Waals surface area contributed by atoms with E-state index in [0.29, 0.717) is 12.4 Å². The summed E-state index contributed by atoms with van der Waals surface area (Å²) < 4.78 is 4.98. The van der Waals surface area contributed by atoms with Crippen LogP contribution in [0.25, 0.3) is 0 Å². The Morgan fingerprint density at radius 3 is 2.60 bits per heavy atom. The third-order valence-electron chi connectivity index (χ3n) is 3.94. The molecule has 0 spiro atoms. The zero-order valence-electron chi connectivity index (χ0n) is 13.8. The lowest BCUT2D eigenvalue weighted by molar-refractivity contribution is -0.384. The molecule has 0 amide bonds. The molecule has 2 heterocycles. The van der Waals surface area contributed by atoms with Gasteiger partial charge < -0.3 is 4.57 Å². The largest absolute Gasteiger partial charge is 0.346 e. The maximum atomic E-state index is 12.5. The highest BCUT2D eigenvalue weighted by Gasteiger charge is 2.11. The minimum atomic E-state index is -0.449. The maximum absolute atomic E-state index is 12.5. The summed E-state index contributed by atoms with van der Waals surface area (Å²) >= 11 is 0. The summed E-state index contributed by atoms with van der Waals surface area (Å²) in [4.78, 5) is 26.7. The van der Waals surface area contributed by atoms with E-state index in [2.05, 4.69) is 10.1 Å². The van der Waals surface area contributed by atoms with Gasteiger partial charge in [0.25, 0.3) is 5.69 Å². The van der Waals surface area contributed by atoms with Crippen molar-refractivity contribution in [3.8, 4) is 0 Å². The fraction of sp³-hybridized carbons (Fsp3) is 0.312. The number of hydrogen-bond acceptors (Lipinski definition) is 5. The van der Waals surface area contributed by atoms with E-state index in [1.807, 2.05) is 10.8 Å². The second kappa shape index (κ2) is 7.12. The SMILES string of the molecule is Cc1nn(Cc2ccc([N+](=O)[O-])cc2)c(=O)n1CCCn1ccnc1. The molecule has 0 saturated heterocycles. The van der Waals surface area contributed by atoms with Gasteiger partial charge in [0.2, 0.25) is 0 Å². The molecule has 0 unspecified atom stereocenters. The Hall–Kier alpha value is -3.23. The van der Waals surface area contributed by atoms with Crippen LogP contribution in [0.3, 0.4) is 0 Å². The molecule has 0 aliphatic heterocycles. The predicted octanol–water partition coefficient (Wildman–Crippen LogP) is 1.60. The van der Waals surface area contributed by atoms with E-state index in [9.17, 15) is 14.9 Å². The van der Waals surface area contributed by atoms with Crippen molar-refractivity contribution in [2.45, 2.75) is 33.0 Å². The smallest absolute Gasteiger partial charge is 0.337 e. The second-order valence-corrected chi connectivity index (χ2v) is 5.72. The highest BCUT2D eigenvalue weighted by molar-refractivity contribution is 5.32. The van der Waals surface area contributed by atoms with Crippen LogP contribution in [0.15, 0.2) is 47.8 Å². The summed E-state index contributed by atoms with van der Waals surface area (Å²) in [5, 5.41) is 15.0. The highest BCUT2D eigenvalue weighted by atomic mass is 16.6. The first-order valence-electron chi connectivity index (χ1n) is 7.88. The van der Waals surface area contributed by atoms with Crippen molar-refractivity contribution in [2.75, 3.05) is 0 Å². The summed E-state index contributed by atoms with van der Waals surface area (Å²) in [6, 6.07) is 6.13. The molecular formula is C16H18N6O3. The molecule has 3 rings (SSSR count). The highest BCUT2D eigenvalue weighted by Crippen LogP contribution is 2.12. The van der Waals surface area contributed by atoms with Crippen molar-refractivity contribution < 1.29 is 4.92 Å². The van der Waals surface area contributed by atoms with Crippen molar-refractivity contribution in [1.29, 1.82) is 0 Å². The Morgan fingerprint density at radius 2 is 1.96 bits per heavy atom. The third kappa shape index (κ3) is 3.82. The molecular weight excluding hydrogens is 324 g/mol. The van der Waals surface area contributed by atoms with Crippen LogP contribution >= 0.6 is 0 Å². The zero-order valence-corrected chi connectivity index (χ0v) is 13.8. The fourth-order valence-electron chi connectivity index (χ4n) is 2.64. The van der Waals surface area contributed by atoms with E-state index in [4.69, 9.17) is 0 Å². The number of hydrogen-bond donors (Lipinski definition) is 0. The number of nitrogens with zero attached hydrogens (tertiary/aromatic N) is 6. The molecule has 3 aromatic rings. The molecule has 0 fully saturated rings. The normalized spacial score (nSPS) is 10.9. The molecule has 9 heteroatoms. The van der Waals surface area contributed by atoms with Gasteiger partial charge in [-0.2, -0.15) is 5.10 Å². The van der Waals surface area contributed by atoms with Crippen LogP contribution < -0.4 is 5.69 Å². The van der Waals surface area contributed by atoms with Crippen LogP contribution in [0.5, 0.6) is 0 Å². The average Bonchev–Trinajstić information content (AvgIpc) is 3.19. The van der Waals surface area contributed by atoms with Gasteiger partial charge in [0.05, 0.1) is 17.8 Å². The van der Waals surface area contributed by atoms with Crippen molar-refractivity contribution >= 4 is 5.69 Å². The molecule has 0 radical (unpaired) electrons. The molecule has 25 heavy (non-hydrogen) atoms. The van der Waals surface area contributed by atoms with Crippen LogP contribution in [0.1, 0.15) is 17.8 Å². The molecule has 0 atom stereocenters. The van der Waals surface area contributed by atoms with Crippen molar-refractivity contribution in [1.82, 2.24) is 23.9 Å². The molecule has 2 aromatic heterocycles. The zero-order chi connectivity index (χ0) is 17.8. The first-order chi connectivity index (χ1) is 12.0. The van der Waals surface area contributed by atoms with Crippen LogP contribution in [-0.2, 0) is 19.6 Å². The van der Waals surface area contributed by atoms with Crippen molar-refractivity contribution in [3.63, 3.8) is 0 Å². The summed E-state index contributed by atoms with van der Waals surface area (Å²) in [5.74, 6) is 0.651. The Bertz CT molecular complexity index is 909. The molecule has 1 aromatic carbocycles. The first kappa shape index (κ1) is 16.6. The van der Waals surface area contributed by atoms with E-state index in [0.717, 1.165) is 18.5 Å². The second-order valence-electron chi connectivity index (χ2n) is 5.72. The van der Waals surface area contributed by atoms with Crippen LogP contribution in [0.2, 0.25) is 0 Å². The van der Waals surface area contributed by atoms with Gasteiger partial charge in [0.15, 0.2) is 0 Å². The lowest BCUT2D eigenvalue weighted by Crippen LogP contribution is -2.26. The summed E-state index contributed by atoms with van der Waals surface area (Å²) in [6.45, 7) is 3.43. The van der Waals surface area contributed by atoms with Gasteiger partial charge in [0, 0.05) is 37.6 Å². The lowest BCUT2D eigenvalue weighted by Gasteiger charge is -2.04. The Balaban J connectivity index is 1.68. The Kier molecular flexibility index (Phi) is 4.73. The maximum Gasteiger partial charge on any atom is 0.346 e. The van der Waals surface area contributed by atoms with Gasteiger partial charge in [-0.1, -0.05) is 12.1 Å². The van der Waals surface area contributed by atoms with Gasteiger partial charge >= 0.3 is 5.69 Å². The van der Waals surface area contributed by atoms with Gasteiger partial charge in [-0.15, -0.1) is 0 Å². The number of nitro groups is 1. The molecule has 0 aliphatic rings. The minimum absolute atomic E-state index is 0.0253. The topological polar surface area (TPSA) is 101 Å². The minimum Gasteiger partial charge on any atom is -0.337 e. The quantitative estimate of drug-likeness (QED) is 0.479. The molecule has 0 N–H and O–H groups in total. The average molecular weight is 342 g/mol. The van der Waals surface area contributed by atoms with Crippen LogP contribution in [-0.4, -0.2) is 28.8 Å². The van der Waals surface area contributed by atoms with Gasteiger partial charge in [0.1, 0.15) is 5.82 Å². The first-order valence-corrected chi connectivity index (χ1v) is 7.88. The summed E-state index contributed by atoms with van der Waals surface area (Å²) in [5.41, 5.74) is 0.634. The number of nitro benzene ring substituents is 1. The third-order valence-corrected chi connectivity index (χ3v) is 3.94. The van der Waals surface area contributed by atoms with Gasteiger partial charge in [-0.25, -0.2) is 14.5 Å². The molecule has 0 aliphatic carbocycles. The number of benzene rings is 1. The monoisotopic (exact) mass is 342 g/mol. The van der Waals surface area contributed by atoms with E-state index < -0.39 is 4.92 Å². The number of non-ortho nitro benzene ring substituents is 1. The van der Waals surface area contributed by atoms with E-state index >= 15 is 0 Å². The molecule has 0 saturated carbocycles. The molecule has 9 nitrogen and oxygen atoms in total. The fourth-order valence-corrected chi connectivity index (χ4v) is 2.64.